The van der Waals surface area contributed by atoms with Crippen LogP contribution in [0.3, 0.4) is 0 Å². The number of carbonyl (C=O) groups excluding carboxylic acids is 1. The number of rotatable bonds is 2. The molecule has 4 nitrogen and oxygen atoms in total. The molecule has 0 aliphatic rings. The number of nitrogens with one attached hydrogen (secondary N) is 1. The largest absolute Gasteiger partial charge is 0.350 e. The maximum Gasteiger partial charge on any atom is 0.332 e. The number of carbonyl (C=O) groups is 1. The van der Waals surface area contributed by atoms with Crippen molar-refractivity contribution in [3.05, 3.63) is 33.8 Å². The summed E-state index contributed by atoms with van der Waals surface area (Å²) in [6.45, 7) is 1.69. The van der Waals surface area contributed by atoms with Crippen molar-refractivity contribution in [2.45, 2.75) is 6.92 Å². The van der Waals surface area contributed by atoms with Crippen LogP contribution in [0, 0.1) is 0 Å². The second-order valence-corrected chi connectivity index (χ2v) is 3.64. The minimum atomic E-state index is -0.729. The molecule has 0 atom stereocenters. The summed E-state index contributed by atoms with van der Waals surface area (Å²) in [4.78, 5) is 10.4. The molecule has 0 aromatic heterocycles. The van der Waals surface area contributed by atoms with E-state index in [0.717, 1.165) is 0 Å². The summed E-state index contributed by atoms with van der Waals surface area (Å²) >= 11 is 11.7. The summed E-state index contributed by atoms with van der Waals surface area (Å²) in [5.74, 6) is 0. The van der Waals surface area contributed by atoms with E-state index in [2.05, 4.69) is 10.5 Å². The number of hydrogen-bond acceptors (Lipinski definition) is 2. The van der Waals surface area contributed by atoms with Crippen LogP contribution in [0.4, 0.5) is 4.79 Å². The van der Waals surface area contributed by atoms with Gasteiger partial charge in [0.05, 0.1) is 5.71 Å². The fourth-order valence-corrected chi connectivity index (χ4v) is 1.40. The van der Waals surface area contributed by atoms with E-state index in [-0.39, 0.29) is 0 Å². The minimum absolute atomic E-state index is 0.506. The smallest absolute Gasteiger partial charge is 0.332 e. The van der Waals surface area contributed by atoms with Gasteiger partial charge in [0.2, 0.25) is 0 Å². The first-order valence-electron chi connectivity index (χ1n) is 4.06. The lowest BCUT2D eigenvalue weighted by Crippen LogP contribution is -2.25. The van der Waals surface area contributed by atoms with Crippen LogP contribution in [0.15, 0.2) is 23.3 Å². The average molecular weight is 246 g/mol. The van der Waals surface area contributed by atoms with Gasteiger partial charge in [0.25, 0.3) is 0 Å². The van der Waals surface area contributed by atoms with Crippen molar-refractivity contribution in [3.8, 4) is 0 Å². The molecule has 3 N–H and O–H groups in total. The first-order valence-corrected chi connectivity index (χ1v) is 4.81. The lowest BCUT2D eigenvalue weighted by Gasteiger charge is -2.04. The van der Waals surface area contributed by atoms with E-state index in [1.54, 1.807) is 25.1 Å². The van der Waals surface area contributed by atoms with Gasteiger partial charge >= 0.3 is 6.03 Å². The Labute approximate surface area is 97.0 Å². The van der Waals surface area contributed by atoms with Crippen molar-refractivity contribution in [2.75, 3.05) is 0 Å². The molecular formula is C9H9Cl2N3O. The molecule has 80 valence electrons. The Bertz CT molecular complexity index is 418. The summed E-state index contributed by atoms with van der Waals surface area (Å²) in [6.07, 6.45) is 0. The molecular weight excluding hydrogens is 237 g/mol. The monoisotopic (exact) mass is 245 g/mol. The third-order valence-electron chi connectivity index (χ3n) is 1.65. The third kappa shape index (κ3) is 3.42. The number of hydrazone groups is 1. The molecule has 0 radical (unpaired) electrons. The zero-order valence-electron chi connectivity index (χ0n) is 7.92. The number of urea groups is 1. The molecule has 6 heteroatoms. The van der Waals surface area contributed by atoms with Gasteiger partial charge in [0.1, 0.15) is 0 Å². The van der Waals surface area contributed by atoms with E-state index >= 15 is 0 Å². The molecule has 0 unspecified atom stereocenters. The number of nitrogens with zero attached hydrogens (tertiary/aromatic N) is 1. The van der Waals surface area contributed by atoms with Crippen LogP contribution in [0.1, 0.15) is 12.5 Å². The van der Waals surface area contributed by atoms with Gasteiger partial charge in [-0.2, -0.15) is 5.10 Å². The third-order valence-corrected chi connectivity index (χ3v) is 2.22. The fourth-order valence-electron chi connectivity index (χ4n) is 0.974. The lowest BCUT2D eigenvalue weighted by atomic mass is 10.1. The summed E-state index contributed by atoms with van der Waals surface area (Å²) in [5.41, 5.74) is 8.17. The zero-order valence-corrected chi connectivity index (χ0v) is 9.43. The molecule has 0 heterocycles. The van der Waals surface area contributed by atoms with Crippen LogP contribution in [0.5, 0.6) is 0 Å². The van der Waals surface area contributed by atoms with E-state index in [1.165, 1.54) is 0 Å². The van der Waals surface area contributed by atoms with Crippen LogP contribution in [-0.4, -0.2) is 11.7 Å². The fraction of sp³-hybridized carbons (Fsp3) is 0.111. The number of primary amides is 1. The molecule has 0 aliphatic heterocycles. The van der Waals surface area contributed by atoms with E-state index in [1.807, 2.05) is 0 Å². The number of amides is 2. The van der Waals surface area contributed by atoms with E-state index in [0.29, 0.717) is 21.3 Å². The number of benzene rings is 1. The summed E-state index contributed by atoms with van der Waals surface area (Å²) in [5, 5.41) is 4.80. The minimum Gasteiger partial charge on any atom is -0.350 e. The molecule has 15 heavy (non-hydrogen) atoms. The van der Waals surface area contributed by atoms with E-state index in [9.17, 15) is 4.79 Å². The Morgan fingerprint density at radius 2 is 2.13 bits per heavy atom. The Balaban J connectivity index is 2.99. The predicted octanol–water partition coefficient (Wildman–Crippen LogP) is 2.39. The highest BCUT2D eigenvalue weighted by Gasteiger charge is 2.04. The van der Waals surface area contributed by atoms with Crippen molar-refractivity contribution in [3.63, 3.8) is 0 Å². The normalized spacial score (nSPS) is 11.3. The Kier molecular flexibility index (Phi) is 3.94. The highest BCUT2D eigenvalue weighted by molar-refractivity contribution is 6.36. The topological polar surface area (TPSA) is 67.5 Å². The van der Waals surface area contributed by atoms with Crippen LogP contribution in [0.2, 0.25) is 10.0 Å². The molecule has 0 bridgehead atoms. The SMILES string of the molecule is C/C(=N/NC(N)=O)c1cc(Cl)ccc1Cl. The van der Waals surface area contributed by atoms with Crippen molar-refractivity contribution in [2.24, 2.45) is 10.8 Å². The maximum absolute atomic E-state index is 10.4. The van der Waals surface area contributed by atoms with Crippen LogP contribution in [0.25, 0.3) is 0 Å². The molecule has 0 aliphatic carbocycles. The van der Waals surface area contributed by atoms with E-state index < -0.39 is 6.03 Å². The van der Waals surface area contributed by atoms with Gasteiger partial charge in [0.15, 0.2) is 0 Å². The molecule has 1 rings (SSSR count). The zero-order chi connectivity index (χ0) is 11.4. The maximum atomic E-state index is 10.4. The Morgan fingerprint density at radius 1 is 1.47 bits per heavy atom. The Morgan fingerprint density at radius 3 is 2.73 bits per heavy atom. The van der Waals surface area contributed by atoms with Crippen LogP contribution >= 0.6 is 23.2 Å². The quantitative estimate of drug-likeness (QED) is 0.610. The number of nitrogens with two attached hydrogens (primary N) is 1. The highest BCUT2D eigenvalue weighted by atomic mass is 35.5. The second kappa shape index (κ2) is 5.00. The number of hydrogen-bond donors (Lipinski definition) is 2. The summed E-state index contributed by atoms with van der Waals surface area (Å²) in [6, 6.07) is 4.25. The molecule has 0 spiro atoms. The Hall–Kier alpha value is -1.26. The first kappa shape index (κ1) is 11.8. The van der Waals surface area contributed by atoms with Crippen molar-refractivity contribution in [1.29, 1.82) is 0 Å². The van der Waals surface area contributed by atoms with Crippen LogP contribution < -0.4 is 11.2 Å². The van der Waals surface area contributed by atoms with Gasteiger partial charge in [-0.25, -0.2) is 10.2 Å². The summed E-state index contributed by atoms with van der Waals surface area (Å²) in [7, 11) is 0. The second-order valence-electron chi connectivity index (χ2n) is 2.80. The van der Waals surface area contributed by atoms with Gasteiger partial charge in [0, 0.05) is 15.6 Å². The average Bonchev–Trinajstić information content (AvgIpc) is 2.18. The van der Waals surface area contributed by atoms with Crippen molar-refractivity contribution >= 4 is 34.9 Å². The molecule has 1 aromatic carbocycles. The lowest BCUT2D eigenvalue weighted by molar-refractivity contribution is 0.249. The predicted molar refractivity (Wildman–Crippen MR) is 61.4 cm³/mol. The van der Waals surface area contributed by atoms with Gasteiger partial charge < -0.3 is 5.73 Å². The molecule has 0 saturated heterocycles. The standard InChI is InChI=1S/C9H9Cl2N3O/c1-5(13-14-9(12)15)7-4-6(10)2-3-8(7)11/h2-4H,1H3,(H3,12,14,15)/b13-5-. The number of halogens is 2. The van der Waals surface area contributed by atoms with Crippen LogP contribution in [-0.2, 0) is 0 Å². The highest BCUT2D eigenvalue weighted by Crippen LogP contribution is 2.21. The van der Waals surface area contributed by atoms with E-state index in [4.69, 9.17) is 28.9 Å². The van der Waals surface area contributed by atoms with Gasteiger partial charge in [-0.15, -0.1) is 0 Å². The molecule has 2 amide bonds. The first-order chi connectivity index (χ1) is 7.00. The summed E-state index contributed by atoms with van der Waals surface area (Å²) < 4.78 is 0. The van der Waals surface area contributed by atoms with Crippen molar-refractivity contribution in [1.82, 2.24) is 5.43 Å². The molecule has 0 fully saturated rings. The van der Waals surface area contributed by atoms with Gasteiger partial charge in [-0.3, -0.25) is 0 Å². The van der Waals surface area contributed by atoms with Crippen molar-refractivity contribution < 1.29 is 4.79 Å². The molecule has 0 saturated carbocycles. The van der Waals surface area contributed by atoms with Gasteiger partial charge in [-0.1, -0.05) is 23.2 Å². The van der Waals surface area contributed by atoms with Gasteiger partial charge in [-0.05, 0) is 25.1 Å². The molecule has 1 aromatic rings.